The summed E-state index contributed by atoms with van der Waals surface area (Å²) in [5.41, 5.74) is 1.30. The van der Waals surface area contributed by atoms with E-state index in [2.05, 4.69) is 20.8 Å². The molecule has 0 aromatic heterocycles. The maximum atomic E-state index is 13.5. The van der Waals surface area contributed by atoms with Crippen molar-refractivity contribution in [1.29, 1.82) is 0 Å². The van der Waals surface area contributed by atoms with Crippen molar-refractivity contribution in [2.75, 3.05) is 13.7 Å². The lowest BCUT2D eigenvalue weighted by atomic mass is 9.75. The van der Waals surface area contributed by atoms with E-state index >= 15 is 0 Å². The molecule has 2 aromatic rings. The van der Waals surface area contributed by atoms with Crippen LogP contribution in [0.2, 0.25) is 0 Å². The van der Waals surface area contributed by atoms with E-state index in [1.807, 2.05) is 36.4 Å². The quantitative estimate of drug-likeness (QED) is 0.389. The fourth-order valence-electron chi connectivity index (χ4n) is 5.82. The van der Waals surface area contributed by atoms with Crippen LogP contribution in [0.25, 0.3) is 0 Å². The van der Waals surface area contributed by atoms with Gasteiger partial charge in [0, 0.05) is 12.6 Å². The molecule has 1 aliphatic heterocycles. The average molecular weight is 492 g/mol. The van der Waals surface area contributed by atoms with E-state index in [-0.39, 0.29) is 24.4 Å². The lowest BCUT2D eigenvalue weighted by Gasteiger charge is -2.37. The molecule has 2 aliphatic rings. The van der Waals surface area contributed by atoms with Crippen LogP contribution in [0.4, 0.5) is 0 Å². The first-order chi connectivity index (χ1) is 17.3. The predicted octanol–water partition coefficient (Wildman–Crippen LogP) is 4.88. The molecule has 1 unspecified atom stereocenters. The van der Waals surface area contributed by atoms with E-state index in [9.17, 15) is 14.4 Å². The van der Waals surface area contributed by atoms with Crippen molar-refractivity contribution < 1.29 is 23.9 Å². The molecule has 1 heterocycles. The number of carbonyl (C=O) groups is 3. The van der Waals surface area contributed by atoms with Crippen LogP contribution in [-0.4, -0.2) is 54.5 Å². The predicted molar refractivity (Wildman–Crippen MR) is 137 cm³/mol. The minimum absolute atomic E-state index is 0.000537. The average Bonchev–Trinajstić information content (AvgIpc) is 3.12. The second-order valence-corrected chi connectivity index (χ2v) is 10.6. The van der Waals surface area contributed by atoms with Crippen LogP contribution in [0.3, 0.4) is 0 Å². The Labute approximate surface area is 214 Å². The molecule has 1 amide bonds. The molecule has 1 saturated carbocycles. The summed E-state index contributed by atoms with van der Waals surface area (Å²) in [7, 11) is 1.60. The zero-order chi connectivity index (χ0) is 25.8. The van der Waals surface area contributed by atoms with Crippen LogP contribution >= 0.6 is 0 Å². The number of ketones is 1. The van der Waals surface area contributed by atoms with Gasteiger partial charge in [-0.2, -0.15) is 0 Å². The summed E-state index contributed by atoms with van der Waals surface area (Å²) in [6, 6.07) is 17.5. The van der Waals surface area contributed by atoms with Crippen molar-refractivity contribution in [2.24, 2.45) is 17.8 Å². The molecule has 0 N–H and O–H groups in total. The first-order valence-electron chi connectivity index (χ1n) is 13.0. The normalized spacial score (nSPS) is 28.4. The summed E-state index contributed by atoms with van der Waals surface area (Å²) in [6.45, 7) is 6.40. The van der Waals surface area contributed by atoms with Gasteiger partial charge < -0.3 is 14.4 Å². The minimum Gasteiger partial charge on any atom is -0.450 e. The van der Waals surface area contributed by atoms with Gasteiger partial charge >= 0.3 is 5.97 Å². The first kappa shape index (κ1) is 26.1. The monoisotopic (exact) mass is 491 g/mol. The van der Waals surface area contributed by atoms with Crippen molar-refractivity contribution in [3.63, 3.8) is 0 Å². The van der Waals surface area contributed by atoms with Gasteiger partial charge in [0.25, 0.3) is 5.91 Å². The number of carbonyl (C=O) groups excluding carboxylic acids is 3. The molecule has 2 aromatic carbocycles. The summed E-state index contributed by atoms with van der Waals surface area (Å²) in [4.78, 5) is 41.2. The molecule has 6 heteroatoms. The standard InChI is InChI=1S/C30H37NO5/c1-19(2)23-16-15-20(3)17-24(23)35-18-25(32)36-29-26(21-11-7-5-8-12-21)27(31(4)30(29)34)28(33)22-13-9-6-10-14-22/h5-14,19-20,23-24,26-27,29H,15-18H2,1-4H3/t20-,23+,24-,26-,27-,29?/m1/s1. The molecule has 0 radical (unpaired) electrons. The molecule has 36 heavy (non-hydrogen) atoms. The van der Waals surface area contributed by atoms with Crippen molar-refractivity contribution in [2.45, 2.75) is 64.2 Å². The number of likely N-dealkylation sites (N-methyl/N-ethyl adjacent to an activating group) is 1. The fourth-order valence-corrected chi connectivity index (χ4v) is 5.82. The van der Waals surface area contributed by atoms with Crippen LogP contribution in [0, 0.1) is 17.8 Å². The zero-order valence-corrected chi connectivity index (χ0v) is 21.6. The number of hydrogen-bond acceptors (Lipinski definition) is 5. The highest BCUT2D eigenvalue weighted by Gasteiger charge is 2.52. The van der Waals surface area contributed by atoms with Gasteiger partial charge in [0.05, 0.1) is 12.0 Å². The van der Waals surface area contributed by atoms with E-state index in [4.69, 9.17) is 9.47 Å². The molecule has 6 atom stereocenters. The minimum atomic E-state index is -1.09. The molecule has 1 aliphatic carbocycles. The topological polar surface area (TPSA) is 72.9 Å². The Balaban J connectivity index is 1.53. The number of rotatable bonds is 8. The smallest absolute Gasteiger partial charge is 0.332 e. The number of amides is 1. The van der Waals surface area contributed by atoms with Crippen molar-refractivity contribution in [3.8, 4) is 0 Å². The summed E-state index contributed by atoms with van der Waals surface area (Å²) in [5, 5.41) is 0. The summed E-state index contributed by atoms with van der Waals surface area (Å²) in [5.74, 6) is -0.314. The molecule has 2 fully saturated rings. The maximum Gasteiger partial charge on any atom is 0.332 e. The highest BCUT2D eigenvalue weighted by atomic mass is 16.6. The van der Waals surface area contributed by atoms with Crippen molar-refractivity contribution >= 4 is 17.7 Å². The third-order valence-corrected chi connectivity index (χ3v) is 7.82. The number of esters is 1. The van der Waals surface area contributed by atoms with Gasteiger partial charge in [-0.3, -0.25) is 9.59 Å². The number of likely N-dealkylation sites (tertiary alicyclic amines) is 1. The molecular weight excluding hydrogens is 454 g/mol. The van der Waals surface area contributed by atoms with Gasteiger partial charge in [0.15, 0.2) is 11.9 Å². The molecular formula is C30H37NO5. The maximum absolute atomic E-state index is 13.5. The fraction of sp³-hybridized carbons (Fsp3) is 0.500. The highest BCUT2D eigenvalue weighted by molar-refractivity contribution is 6.05. The van der Waals surface area contributed by atoms with Crippen LogP contribution < -0.4 is 0 Å². The first-order valence-corrected chi connectivity index (χ1v) is 13.0. The van der Waals surface area contributed by atoms with Crippen LogP contribution in [0.5, 0.6) is 0 Å². The summed E-state index contributed by atoms with van der Waals surface area (Å²) >= 11 is 0. The second kappa shape index (κ2) is 11.4. The van der Waals surface area contributed by atoms with Gasteiger partial charge in [-0.25, -0.2) is 4.79 Å². The molecule has 0 spiro atoms. The van der Waals surface area contributed by atoms with Crippen LogP contribution in [0.15, 0.2) is 60.7 Å². The number of benzene rings is 2. The Morgan fingerprint density at radius 1 is 1.00 bits per heavy atom. The largest absolute Gasteiger partial charge is 0.450 e. The molecule has 6 nitrogen and oxygen atoms in total. The number of ether oxygens (including phenoxy) is 2. The second-order valence-electron chi connectivity index (χ2n) is 10.6. The third-order valence-electron chi connectivity index (χ3n) is 7.82. The Hall–Kier alpha value is -2.99. The summed E-state index contributed by atoms with van der Waals surface area (Å²) < 4.78 is 11.9. The van der Waals surface area contributed by atoms with E-state index in [1.165, 1.54) is 11.3 Å². The van der Waals surface area contributed by atoms with E-state index in [1.54, 1.807) is 31.3 Å². The molecule has 0 bridgehead atoms. The lowest BCUT2D eigenvalue weighted by Crippen LogP contribution is -2.38. The zero-order valence-electron chi connectivity index (χ0n) is 21.6. The van der Waals surface area contributed by atoms with E-state index < -0.39 is 24.0 Å². The van der Waals surface area contributed by atoms with Gasteiger partial charge in [-0.1, -0.05) is 87.9 Å². The Kier molecular flexibility index (Phi) is 8.24. The number of hydrogen-bond donors (Lipinski definition) is 0. The highest BCUT2D eigenvalue weighted by Crippen LogP contribution is 2.38. The molecule has 4 rings (SSSR count). The lowest BCUT2D eigenvalue weighted by molar-refractivity contribution is -0.164. The molecule has 1 saturated heterocycles. The Bertz CT molecular complexity index is 1050. The van der Waals surface area contributed by atoms with Gasteiger partial charge in [-0.15, -0.1) is 0 Å². The van der Waals surface area contributed by atoms with Gasteiger partial charge in [-0.05, 0) is 36.2 Å². The van der Waals surface area contributed by atoms with Gasteiger partial charge in [0.1, 0.15) is 12.6 Å². The van der Waals surface area contributed by atoms with Crippen molar-refractivity contribution in [3.05, 3.63) is 71.8 Å². The van der Waals surface area contributed by atoms with Gasteiger partial charge in [0.2, 0.25) is 0 Å². The third kappa shape index (κ3) is 5.54. The molecule has 192 valence electrons. The number of Topliss-reactive ketones (excluding diaryl/α,β-unsaturated/α-hetero) is 1. The van der Waals surface area contributed by atoms with Crippen LogP contribution in [0.1, 0.15) is 61.9 Å². The number of nitrogens with zero attached hydrogens (tertiary/aromatic N) is 1. The SMILES string of the molecule is CC(C)[C@@H]1CC[C@@H](C)C[C@H]1OCC(=O)OC1C(=O)N(C)[C@@H](C(=O)c2ccccc2)[C@H]1c1ccccc1. The summed E-state index contributed by atoms with van der Waals surface area (Å²) in [6.07, 6.45) is 2.09. The Morgan fingerprint density at radius 2 is 1.64 bits per heavy atom. The van der Waals surface area contributed by atoms with Crippen LogP contribution in [-0.2, 0) is 19.1 Å². The van der Waals surface area contributed by atoms with E-state index in [0.29, 0.717) is 23.3 Å². The van der Waals surface area contributed by atoms with Crippen molar-refractivity contribution in [1.82, 2.24) is 4.90 Å². The van der Waals surface area contributed by atoms with E-state index in [0.717, 1.165) is 18.4 Å². The Morgan fingerprint density at radius 3 is 2.28 bits per heavy atom.